The van der Waals surface area contributed by atoms with E-state index < -0.39 is 19.3 Å². The summed E-state index contributed by atoms with van der Waals surface area (Å²) in [5.41, 5.74) is 0.152. The fraction of sp³-hybridized carbons (Fsp3) is 0.182. The Morgan fingerprint density at radius 2 is 1.88 bits per heavy atom. The molecule has 0 unspecified atom stereocenters. The van der Waals surface area contributed by atoms with Gasteiger partial charge in [0.05, 0.1) is 7.11 Å². The lowest BCUT2D eigenvalue weighted by atomic mass is 9.81. The van der Waals surface area contributed by atoms with Crippen LogP contribution in [0.1, 0.15) is 5.56 Å². The average Bonchev–Trinajstić information content (AvgIpc) is 2.27. The molecule has 0 saturated carbocycles. The van der Waals surface area contributed by atoms with E-state index in [-0.39, 0.29) is 5.57 Å². The molecule has 0 spiro atoms. The second kappa shape index (κ2) is 5.56. The van der Waals surface area contributed by atoms with Crippen molar-refractivity contribution in [3.63, 3.8) is 0 Å². The maximum Gasteiger partial charge on any atom is 0.482 e. The number of carbonyl (C=O) groups excluding carboxylic acids is 1. The Labute approximate surface area is 97.1 Å². The van der Waals surface area contributed by atoms with Crippen LogP contribution in [-0.2, 0) is 9.53 Å². The van der Waals surface area contributed by atoms with E-state index >= 15 is 0 Å². The molecule has 1 aromatic rings. The van der Waals surface area contributed by atoms with Crippen molar-refractivity contribution >= 4 is 19.0 Å². The zero-order chi connectivity index (χ0) is 12.9. The van der Waals surface area contributed by atoms with Crippen molar-refractivity contribution in [2.45, 2.75) is 6.32 Å². The topological polar surface area (TPSA) is 26.3 Å². The van der Waals surface area contributed by atoms with Gasteiger partial charge >= 0.3 is 12.9 Å². The van der Waals surface area contributed by atoms with Gasteiger partial charge in [0.15, 0.2) is 0 Å². The summed E-state index contributed by atoms with van der Waals surface area (Å²) in [5, 5.41) is 0. The summed E-state index contributed by atoms with van der Waals surface area (Å²) in [7, 11) is 1.06. The lowest BCUT2D eigenvalue weighted by Gasteiger charge is -2.15. The van der Waals surface area contributed by atoms with Gasteiger partial charge in [0.25, 0.3) is 0 Å². The first-order valence-corrected chi connectivity index (χ1v) is 4.97. The number of carbonyl (C=O) groups is 1. The third-order valence-electron chi connectivity index (χ3n) is 2.04. The summed E-state index contributed by atoms with van der Waals surface area (Å²) in [6.07, 6.45) is -0.0390. The molecular weight excluding hydrogens is 232 g/mol. The van der Waals surface area contributed by atoms with E-state index in [0.717, 1.165) is 7.11 Å². The van der Waals surface area contributed by atoms with Crippen LogP contribution < -0.4 is 0 Å². The van der Waals surface area contributed by atoms with Crippen molar-refractivity contribution in [3.05, 3.63) is 41.5 Å². The minimum Gasteiger partial charge on any atom is -0.466 e. The Hall–Kier alpha value is -1.72. The highest BCUT2D eigenvalue weighted by Gasteiger charge is 2.27. The van der Waals surface area contributed by atoms with E-state index in [0.29, 0.717) is 5.56 Å². The van der Waals surface area contributed by atoms with Gasteiger partial charge in [-0.1, -0.05) is 36.7 Å². The molecule has 1 rings (SSSR count). The smallest absolute Gasteiger partial charge is 0.466 e. The number of hydrogen-bond acceptors (Lipinski definition) is 2. The van der Waals surface area contributed by atoms with Gasteiger partial charge in [0.2, 0.25) is 0 Å². The molecular formula is C11H11BF3O2-. The summed E-state index contributed by atoms with van der Waals surface area (Å²) in [6.45, 7) is -5.06. The quantitative estimate of drug-likeness (QED) is 0.461. The molecule has 0 heterocycles. The normalized spacial score (nSPS) is 12.4. The second-order valence-electron chi connectivity index (χ2n) is 3.49. The third kappa shape index (κ3) is 4.76. The highest BCUT2D eigenvalue weighted by molar-refractivity contribution is 6.60. The van der Waals surface area contributed by atoms with Crippen molar-refractivity contribution in [1.29, 1.82) is 0 Å². The first kappa shape index (κ1) is 13.4. The van der Waals surface area contributed by atoms with Gasteiger partial charge in [-0.25, -0.2) is 4.79 Å². The summed E-state index contributed by atoms with van der Waals surface area (Å²) in [4.78, 5) is 11.2. The van der Waals surface area contributed by atoms with Crippen LogP contribution in [-0.4, -0.2) is 20.1 Å². The Bertz CT molecular complexity index is 412. The van der Waals surface area contributed by atoms with Crippen LogP contribution in [0.15, 0.2) is 35.9 Å². The summed E-state index contributed by atoms with van der Waals surface area (Å²) in [5.74, 6) is -0.951. The number of hydrogen-bond donors (Lipinski definition) is 0. The van der Waals surface area contributed by atoms with E-state index in [2.05, 4.69) is 4.74 Å². The maximum absolute atomic E-state index is 12.3. The lowest BCUT2D eigenvalue weighted by Crippen LogP contribution is -2.19. The zero-order valence-corrected chi connectivity index (χ0v) is 9.20. The van der Waals surface area contributed by atoms with Gasteiger partial charge in [-0.2, -0.15) is 0 Å². The van der Waals surface area contributed by atoms with E-state index in [9.17, 15) is 17.7 Å². The van der Waals surface area contributed by atoms with E-state index in [4.69, 9.17) is 0 Å². The predicted molar refractivity (Wildman–Crippen MR) is 60.3 cm³/mol. The number of halogens is 3. The molecule has 0 aliphatic heterocycles. The van der Waals surface area contributed by atoms with Crippen molar-refractivity contribution in [2.75, 3.05) is 7.11 Å². The van der Waals surface area contributed by atoms with Gasteiger partial charge in [0, 0.05) is 5.57 Å². The first-order chi connectivity index (χ1) is 7.92. The minimum atomic E-state index is -5.06. The largest absolute Gasteiger partial charge is 0.482 e. The minimum absolute atomic E-state index is 0.383. The van der Waals surface area contributed by atoms with Crippen LogP contribution >= 0.6 is 0 Å². The van der Waals surface area contributed by atoms with Gasteiger partial charge in [-0.3, -0.25) is 0 Å². The SMILES string of the molecule is COC(=O)/C(=C/c1ccccc1)C[B-](F)(F)F. The molecule has 0 aliphatic rings. The molecule has 17 heavy (non-hydrogen) atoms. The van der Waals surface area contributed by atoms with Crippen LogP contribution in [0.4, 0.5) is 12.9 Å². The molecule has 2 nitrogen and oxygen atoms in total. The van der Waals surface area contributed by atoms with E-state index in [1.165, 1.54) is 6.08 Å². The lowest BCUT2D eigenvalue weighted by molar-refractivity contribution is -0.136. The summed E-state index contributed by atoms with van der Waals surface area (Å²) >= 11 is 0. The number of esters is 1. The van der Waals surface area contributed by atoms with Crippen molar-refractivity contribution < 1.29 is 22.5 Å². The summed E-state index contributed by atoms with van der Waals surface area (Å²) in [6, 6.07) is 8.33. The first-order valence-electron chi connectivity index (χ1n) is 4.97. The molecule has 0 bridgehead atoms. The number of rotatable bonds is 4. The standard InChI is InChI=1S/C11H11BF3O2/c1-17-11(16)10(8-12(13,14)15)7-9-5-3-2-4-6-9/h2-7H,8H2,1H3/q-1/b10-7+. The molecule has 1 aromatic carbocycles. The highest BCUT2D eigenvalue weighted by Crippen LogP contribution is 2.23. The maximum atomic E-state index is 12.3. The molecule has 6 heteroatoms. The van der Waals surface area contributed by atoms with Crippen molar-refractivity contribution in [1.82, 2.24) is 0 Å². The van der Waals surface area contributed by atoms with Crippen molar-refractivity contribution in [3.8, 4) is 0 Å². The van der Waals surface area contributed by atoms with E-state index in [1.807, 2.05) is 0 Å². The fourth-order valence-corrected chi connectivity index (χ4v) is 1.33. The van der Waals surface area contributed by atoms with Crippen LogP contribution in [0.2, 0.25) is 6.32 Å². The number of benzene rings is 1. The molecule has 0 aromatic heterocycles. The van der Waals surface area contributed by atoms with Gasteiger partial charge in [0.1, 0.15) is 0 Å². The molecule has 0 N–H and O–H groups in total. The van der Waals surface area contributed by atoms with Crippen molar-refractivity contribution in [2.24, 2.45) is 0 Å². The van der Waals surface area contributed by atoms with Gasteiger partial charge in [-0.05, 0) is 11.6 Å². The Balaban J connectivity index is 2.99. The molecule has 0 radical (unpaired) electrons. The predicted octanol–water partition coefficient (Wildman–Crippen LogP) is 3.09. The van der Waals surface area contributed by atoms with Crippen LogP contribution in [0, 0.1) is 0 Å². The molecule has 0 aliphatic carbocycles. The molecule has 92 valence electrons. The van der Waals surface area contributed by atoms with E-state index in [1.54, 1.807) is 30.3 Å². The second-order valence-corrected chi connectivity index (χ2v) is 3.49. The molecule has 0 saturated heterocycles. The zero-order valence-electron chi connectivity index (χ0n) is 9.20. The molecule has 0 atom stereocenters. The van der Waals surface area contributed by atoms with Crippen LogP contribution in [0.25, 0.3) is 6.08 Å². The monoisotopic (exact) mass is 243 g/mol. The Kier molecular flexibility index (Phi) is 4.37. The molecule has 0 fully saturated rings. The van der Waals surface area contributed by atoms with Gasteiger partial charge < -0.3 is 17.7 Å². The number of ether oxygens (including phenoxy) is 1. The van der Waals surface area contributed by atoms with Crippen LogP contribution in [0.5, 0.6) is 0 Å². The van der Waals surface area contributed by atoms with Gasteiger partial charge in [-0.15, -0.1) is 0 Å². The summed E-state index contributed by atoms with van der Waals surface area (Å²) < 4.78 is 41.3. The third-order valence-corrected chi connectivity index (χ3v) is 2.04. The van der Waals surface area contributed by atoms with Crippen LogP contribution in [0.3, 0.4) is 0 Å². The Morgan fingerprint density at radius 1 is 1.29 bits per heavy atom. The number of methoxy groups -OCH3 is 1. The molecule has 0 amide bonds. The Morgan fingerprint density at radius 3 is 2.35 bits per heavy atom. The average molecular weight is 243 g/mol. The fourth-order valence-electron chi connectivity index (χ4n) is 1.33. The highest BCUT2D eigenvalue weighted by atomic mass is 19.4.